The molecular weight excluding hydrogens is 349 g/mol. The zero-order valence-corrected chi connectivity index (χ0v) is 16.5. The minimum atomic E-state index is -0.378. The molecule has 0 aliphatic heterocycles. The molecule has 4 nitrogen and oxygen atoms in total. The first-order valence-corrected chi connectivity index (χ1v) is 10.2. The quantitative estimate of drug-likeness (QED) is 0.666. The van der Waals surface area contributed by atoms with Gasteiger partial charge in [0.05, 0.1) is 11.3 Å². The summed E-state index contributed by atoms with van der Waals surface area (Å²) in [7, 11) is 0. The fraction of sp³-hybridized carbons (Fsp3) is 0.550. The lowest BCUT2D eigenvalue weighted by atomic mass is 9.92. The Kier molecular flexibility index (Phi) is 5.80. The summed E-state index contributed by atoms with van der Waals surface area (Å²) in [5, 5.41) is 9.34. The second-order valence-corrected chi connectivity index (χ2v) is 8.85. The molecule has 0 saturated heterocycles. The molecule has 2 aromatic rings. The van der Waals surface area contributed by atoms with Crippen LogP contribution in [-0.4, -0.2) is 26.3 Å². The number of benzene rings is 1. The van der Waals surface area contributed by atoms with Gasteiger partial charge in [-0.25, -0.2) is 4.39 Å². The average molecular weight is 376 g/mol. The molecule has 3 rings (SSSR count). The molecule has 0 bridgehead atoms. The van der Waals surface area contributed by atoms with E-state index in [1.807, 2.05) is 26.8 Å². The van der Waals surface area contributed by atoms with Crippen molar-refractivity contribution in [3.05, 3.63) is 30.1 Å². The SMILES string of the molecule is CC(C)(C)C(=O)CSc1nnc(-c2ccccc2F)n1C1CCCCC1. The van der Waals surface area contributed by atoms with Crippen LogP contribution in [0.25, 0.3) is 11.4 Å². The summed E-state index contributed by atoms with van der Waals surface area (Å²) in [4.78, 5) is 12.3. The van der Waals surface area contributed by atoms with Gasteiger partial charge < -0.3 is 0 Å². The number of carbonyl (C=O) groups is 1. The summed E-state index contributed by atoms with van der Waals surface area (Å²) in [6, 6.07) is 6.95. The first kappa shape index (κ1) is 19.1. The molecule has 1 heterocycles. The minimum absolute atomic E-state index is 0.174. The summed E-state index contributed by atoms with van der Waals surface area (Å²) in [5.74, 6) is 0.805. The van der Waals surface area contributed by atoms with Crippen LogP contribution in [0.5, 0.6) is 0 Å². The molecule has 0 atom stereocenters. The number of carbonyl (C=O) groups excluding carboxylic acids is 1. The van der Waals surface area contributed by atoms with Crippen LogP contribution in [0.1, 0.15) is 58.9 Å². The molecule has 0 N–H and O–H groups in total. The number of hydrogen-bond acceptors (Lipinski definition) is 4. The Morgan fingerprint density at radius 1 is 1.19 bits per heavy atom. The largest absolute Gasteiger partial charge is 0.299 e. The number of hydrogen-bond donors (Lipinski definition) is 0. The smallest absolute Gasteiger partial charge is 0.192 e. The Morgan fingerprint density at radius 2 is 1.88 bits per heavy atom. The van der Waals surface area contributed by atoms with E-state index in [2.05, 4.69) is 14.8 Å². The van der Waals surface area contributed by atoms with E-state index in [1.165, 1.54) is 24.2 Å². The van der Waals surface area contributed by atoms with Gasteiger partial charge in [0, 0.05) is 11.5 Å². The van der Waals surface area contributed by atoms with Gasteiger partial charge in [0.1, 0.15) is 11.6 Å². The van der Waals surface area contributed by atoms with Gasteiger partial charge in [-0.2, -0.15) is 0 Å². The molecule has 26 heavy (non-hydrogen) atoms. The van der Waals surface area contributed by atoms with E-state index in [0.29, 0.717) is 22.3 Å². The van der Waals surface area contributed by atoms with Gasteiger partial charge in [0.25, 0.3) is 0 Å². The van der Waals surface area contributed by atoms with E-state index >= 15 is 0 Å². The highest BCUT2D eigenvalue weighted by Crippen LogP contribution is 2.36. The number of nitrogens with zero attached hydrogens (tertiary/aromatic N) is 3. The number of Topliss-reactive ketones (excluding diaryl/α,β-unsaturated/α-hetero) is 1. The van der Waals surface area contributed by atoms with Crippen molar-refractivity contribution in [2.75, 3.05) is 5.75 Å². The number of aromatic nitrogens is 3. The van der Waals surface area contributed by atoms with Crippen LogP contribution < -0.4 is 0 Å². The van der Waals surface area contributed by atoms with Gasteiger partial charge in [0.15, 0.2) is 11.0 Å². The molecule has 140 valence electrons. The van der Waals surface area contributed by atoms with Crippen LogP contribution in [-0.2, 0) is 4.79 Å². The molecule has 1 aliphatic rings. The van der Waals surface area contributed by atoms with Crippen LogP contribution in [0.4, 0.5) is 4.39 Å². The number of halogens is 1. The Hall–Kier alpha value is -1.69. The van der Waals surface area contributed by atoms with E-state index < -0.39 is 0 Å². The van der Waals surface area contributed by atoms with Crippen molar-refractivity contribution in [1.82, 2.24) is 14.8 Å². The van der Waals surface area contributed by atoms with Crippen LogP contribution in [0.3, 0.4) is 0 Å². The fourth-order valence-corrected chi connectivity index (χ4v) is 4.38. The molecule has 1 aliphatic carbocycles. The zero-order chi connectivity index (χ0) is 18.7. The number of rotatable bonds is 5. The van der Waals surface area contributed by atoms with Crippen molar-refractivity contribution < 1.29 is 9.18 Å². The van der Waals surface area contributed by atoms with Gasteiger partial charge in [-0.15, -0.1) is 10.2 Å². The highest BCUT2D eigenvalue weighted by atomic mass is 32.2. The highest BCUT2D eigenvalue weighted by molar-refractivity contribution is 7.99. The Morgan fingerprint density at radius 3 is 2.54 bits per heavy atom. The first-order valence-electron chi connectivity index (χ1n) is 9.24. The van der Waals surface area contributed by atoms with Crippen molar-refractivity contribution in [1.29, 1.82) is 0 Å². The predicted molar refractivity (Wildman–Crippen MR) is 103 cm³/mol. The Balaban J connectivity index is 1.94. The summed E-state index contributed by atoms with van der Waals surface area (Å²) in [6.07, 6.45) is 5.63. The molecule has 0 radical (unpaired) electrons. The van der Waals surface area contributed by atoms with Gasteiger partial charge in [-0.05, 0) is 25.0 Å². The van der Waals surface area contributed by atoms with Gasteiger partial charge in [0.2, 0.25) is 0 Å². The van der Waals surface area contributed by atoms with Crippen molar-refractivity contribution in [3.63, 3.8) is 0 Å². The fourth-order valence-electron chi connectivity index (χ4n) is 3.22. The topological polar surface area (TPSA) is 47.8 Å². The lowest BCUT2D eigenvalue weighted by molar-refractivity contribution is -0.123. The molecular formula is C20H26FN3OS. The maximum atomic E-state index is 14.4. The molecule has 1 saturated carbocycles. The second-order valence-electron chi connectivity index (χ2n) is 7.91. The van der Waals surface area contributed by atoms with Crippen molar-refractivity contribution in [2.45, 2.75) is 64.1 Å². The standard InChI is InChI=1S/C20H26FN3OS/c1-20(2,3)17(25)13-26-19-23-22-18(15-11-7-8-12-16(15)21)24(19)14-9-5-4-6-10-14/h7-8,11-12,14H,4-6,9-10,13H2,1-3H3. The number of ketones is 1. The molecule has 0 spiro atoms. The predicted octanol–water partition coefficient (Wildman–Crippen LogP) is 5.30. The molecule has 1 aromatic carbocycles. The van der Waals surface area contributed by atoms with Crippen LogP contribution in [0.2, 0.25) is 0 Å². The third-order valence-corrected chi connectivity index (χ3v) is 5.83. The average Bonchev–Trinajstić information content (AvgIpc) is 3.03. The Bertz CT molecular complexity index is 776. The first-order chi connectivity index (χ1) is 12.4. The van der Waals surface area contributed by atoms with Crippen LogP contribution in [0, 0.1) is 11.2 Å². The normalized spacial score (nSPS) is 16.0. The summed E-state index contributed by atoms with van der Waals surface area (Å²) >= 11 is 1.41. The summed E-state index contributed by atoms with van der Waals surface area (Å²) in [6.45, 7) is 5.77. The molecule has 6 heteroatoms. The van der Waals surface area contributed by atoms with Crippen molar-refractivity contribution >= 4 is 17.5 Å². The highest BCUT2D eigenvalue weighted by Gasteiger charge is 2.27. The lowest BCUT2D eigenvalue weighted by Crippen LogP contribution is -2.22. The molecule has 1 fully saturated rings. The lowest BCUT2D eigenvalue weighted by Gasteiger charge is -2.26. The zero-order valence-electron chi connectivity index (χ0n) is 15.7. The van der Waals surface area contributed by atoms with E-state index in [-0.39, 0.29) is 23.1 Å². The van der Waals surface area contributed by atoms with E-state index in [1.54, 1.807) is 12.1 Å². The summed E-state index contributed by atoms with van der Waals surface area (Å²) in [5.41, 5.74) is 0.0939. The van der Waals surface area contributed by atoms with E-state index in [9.17, 15) is 9.18 Å². The van der Waals surface area contributed by atoms with Crippen LogP contribution in [0.15, 0.2) is 29.4 Å². The van der Waals surface area contributed by atoms with Gasteiger partial charge in [-0.1, -0.05) is 63.9 Å². The monoisotopic (exact) mass is 375 g/mol. The Labute approximate surface area is 158 Å². The van der Waals surface area contributed by atoms with Gasteiger partial charge >= 0.3 is 0 Å². The molecule has 1 aromatic heterocycles. The van der Waals surface area contributed by atoms with Crippen LogP contribution >= 0.6 is 11.8 Å². The molecule has 0 amide bonds. The maximum Gasteiger partial charge on any atom is 0.192 e. The second kappa shape index (κ2) is 7.91. The van der Waals surface area contributed by atoms with Gasteiger partial charge in [-0.3, -0.25) is 9.36 Å². The number of thioether (sulfide) groups is 1. The summed E-state index contributed by atoms with van der Waals surface area (Å²) < 4.78 is 16.4. The third-order valence-electron chi connectivity index (χ3n) is 4.89. The van der Waals surface area contributed by atoms with E-state index in [4.69, 9.17) is 0 Å². The van der Waals surface area contributed by atoms with Crippen molar-refractivity contribution in [3.8, 4) is 11.4 Å². The maximum absolute atomic E-state index is 14.4. The van der Waals surface area contributed by atoms with E-state index in [0.717, 1.165) is 25.7 Å². The molecule has 0 unspecified atom stereocenters. The third kappa shape index (κ3) is 4.17. The van der Waals surface area contributed by atoms with Crippen molar-refractivity contribution in [2.24, 2.45) is 5.41 Å². The minimum Gasteiger partial charge on any atom is -0.299 e.